The number of carbonyl (C=O) groups excluding carboxylic acids is 1. The number of fused-ring (bicyclic) bond motifs is 1. The third-order valence-corrected chi connectivity index (χ3v) is 8.57. The van der Waals surface area contributed by atoms with Crippen molar-refractivity contribution in [3.63, 3.8) is 0 Å². The summed E-state index contributed by atoms with van der Waals surface area (Å²) in [6, 6.07) is 9.65. The number of anilines is 1. The molecule has 0 aliphatic heterocycles. The molecule has 32 heavy (non-hydrogen) atoms. The normalized spacial score (nSPS) is 15.1. The average molecular weight is 458 g/mol. The summed E-state index contributed by atoms with van der Waals surface area (Å²) in [5.41, 5.74) is 1.35. The van der Waals surface area contributed by atoms with E-state index in [1.807, 2.05) is 0 Å². The topological polar surface area (TPSA) is 99.4 Å². The van der Waals surface area contributed by atoms with E-state index in [9.17, 15) is 18.0 Å². The van der Waals surface area contributed by atoms with Crippen molar-refractivity contribution in [3.05, 3.63) is 52.4 Å². The number of aromatic nitrogens is 2. The highest BCUT2D eigenvalue weighted by molar-refractivity contribution is 7.92. The molecule has 1 heterocycles. The predicted molar refractivity (Wildman–Crippen MR) is 123 cm³/mol. The van der Waals surface area contributed by atoms with E-state index in [2.05, 4.69) is 5.32 Å². The summed E-state index contributed by atoms with van der Waals surface area (Å²) in [5.74, 6) is 0.177. The number of benzene rings is 2. The Bertz CT molecular complexity index is 1330. The number of nitrogens with one attached hydrogen (secondary N) is 1. The van der Waals surface area contributed by atoms with E-state index in [-0.39, 0.29) is 16.3 Å². The molecule has 0 unspecified atom stereocenters. The molecule has 0 saturated heterocycles. The number of methoxy groups -OCH3 is 1. The lowest BCUT2D eigenvalue weighted by Gasteiger charge is -2.23. The quantitative estimate of drug-likeness (QED) is 0.634. The number of hydrogen-bond donors (Lipinski definition) is 1. The number of imidazole rings is 1. The molecule has 1 aliphatic rings. The summed E-state index contributed by atoms with van der Waals surface area (Å²) in [5, 5.41) is 2.28. The van der Waals surface area contributed by atoms with E-state index in [1.165, 1.54) is 22.3 Å². The van der Waals surface area contributed by atoms with E-state index in [1.54, 1.807) is 44.4 Å². The molecule has 0 radical (unpaired) electrons. The highest BCUT2D eigenvalue weighted by Crippen LogP contribution is 2.35. The van der Waals surface area contributed by atoms with Gasteiger partial charge in [-0.3, -0.25) is 13.9 Å². The smallest absolute Gasteiger partial charge is 0.328 e. The van der Waals surface area contributed by atoms with Crippen LogP contribution in [0.5, 0.6) is 5.75 Å². The maximum Gasteiger partial charge on any atom is 0.328 e. The van der Waals surface area contributed by atoms with Gasteiger partial charge in [-0.1, -0.05) is 19.3 Å². The van der Waals surface area contributed by atoms with Crippen molar-refractivity contribution in [2.45, 2.75) is 42.2 Å². The average Bonchev–Trinajstić information content (AvgIpc) is 3.02. The van der Waals surface area contributed by atoms with Crippen LogP contribution in [0.4, 0.5) is 5.69 Å². The summed E-state index contributed by atoms with van der Waals surface area (Å²) in [6.45, 7) is 0. The molecule has 170 valence electrons. The number of aryl methyl sites for hydroxylation is 2. The fraction of sp³-hybridized carbons (Fsp3) is 0.391. The van der Waals surface area contributed by atoms with E-state index in [4.69, 9.17) is 4.74 Å². The molecule has 0 atom stereocenters. The molecule has 0 bridgehead atoms. The van der Waals surface area contributed by atoms with Crippen molar-refractivity contribution in [2.75, 3.05) is 12.4 Å². The first kappa shape index (κ1) is 22.1. The summed E-state index contributed by atoms with van der Waals surface area (Å²) in [7, 11) is 1.06. The Morgan fingerprint density at radius 3 is 2.19 bits per heavy atom. The first-order valence-corrected chi connectivity index (χ1v) is 12.2. The van der Waals surface area contributed by atoms with E-state index in [0.717, 1.165) is 19.3 Å². The number of nitrogens with zero attached hydrogens (tertiary/aromatic N) is 2. The SMILES string of the molecule is COc1ccc(C(=O)Nc2cc3c(cc2S(=O)(=O)C2CCCCC2)n(C)c(=O)n3C)cc1. The summed E-state index contributed by atoms with van der Waals surface area (Å²) in [6.07, 6.45) is 3.95. The molecule has 8 nitrogen and oxygen atoms in total. The van der Waals surface area contributed by atoms with Crippen molar-refractivity contribution in [2.24, 2.45) is 14.1 Å². The van der Waals surface area contributed by atoms with Crippen LogP contribution in [0.2, 0.25) is 0 Å². The largest absolute Gasteiger partial charge is 0.497 e. The Morgan fingerprint density at radius 1 is 1.00 bits per heavy atom. The maximum absolute atomic E-state index is 13.6. The monoisotopic (exact) mass is 457 g/mol. The van der Waals surface area contributed by atoms with Crippen molar-refractivity contribution in [1.29, 1.82) is 0 Å². The number of rotatable bonds is 5. The third-order valence-electron chi connectivity index (χ3n) is 6.27. The van der Waals surface area contributed by atoms with Crippen molar-refractivity contribution in [1.82, 2.24) is 9.13 Å². The molecule has 1 amide bonds. The minimum absolute atomic E-state index is 0.0555. The van der Waals surface area contributed by atoms with Crippen LogP contribution in [0.15, 0.2) is 46.1 Å². The van der Waals surface area contributed by atoms with Crippen LogP contribution in [0.3, 0.4) is 0 Å². The molecule has 4 rings (SSSR count). The Morgan fingerprint density at radius 2 is 1.59 bits per heavy atom. The van der Waals surface area contributed by atoms with Gasteiger partial charge in [0.25, 0.3) is 5.91 Å². The van der Waals surface area contributed by atoms with E-state index < -0.39 is 21.0 Å². The van der Waals surface area contributed by atoms with Crippen molar-refractivity contribution in [3.8, 4) is 5.75 Å². The first-order chi connectivity index (χ1) is 15.2. The summed E-state index contributed by atoms with van der Waals surface area (Å²) in [4.78, 5) is 25.4. The second-order valence-electron chi connectivity index (χ2n) is 8.23. The lowest BCUT2D eigenvalue weighted by atomic mass is 10.0. The Hall–Kier alpha value is -3.07. The van der Waals surface area contributed by atoms with Gasteiger partial charge in [0.2, 0.25) is 0 Å². The third kappa shape index (κ3) is 3.81. The highest BCUT2D eigenvalue weighted by atomic mass is 32.2. The lowest BCUT2D eigenvalue weighted by Crippen LogP contribution is -2.25. The number of sulfone groups is 1. The van der Waals surface area contributed by atoms with Crippen LogP contribution < -0.4 is 15.7 Å². The number of amides is 1. The van der Waals surface area contributed by atoms with Gasteiger partial charge >= 0.3 is 5.69 Å². The van der Waals surface area contributed by atoms with Gasteiger partial charge in [-0.25, -0.2) is 13.2 Å². The Kier molecular flexibility index (Phi) is 5.85. The van der Waals surface area contributed by atoms with E-state index in [0.29, 0.717) is 35.2 Å². The van der Waals surface area contributed by atoms with Crippen LogP contribution >= 0.6 is 0 Å². The molecular weight excluding hydrogens is 430 g/mol. The van der Waals surface area contributed by atoms with Crippen LogP contribution in [0, 0.1) is 0 Å². The first-order valence-electron chi connectivity index (χ1n) is 10.6. The van der Waals surface area contributed by atoms with Crippen molar-refractivity contribution < 1.29 is 17.9 Å². The molecule has 1 N–H and O–H groups in total. The van der Waals surface area contributed by atoms with Gasteiger partial charge in [-0.05, 0) is 49.2 Å². The fourth-order valence-corrected chi connectivity index (χ4v) is 6.36. The highest BCUT2D eigenvalue weighted by Gasteiger charge is 2.32. The van der Waals surface area contributed by atoms with Crippen LogP contribution in [0.1, 0.15) is 42.5 Å². The molecule has 3 aromatic rings. The van der Waals surface area contributed by atoms with Crippen LogP contribution in [0.25, 0.3) is 11.0 Å². The zero-order valence-corrected chi connectivity index (χ0v) is 19.2. The minimum Gasteiger partial charge on any atom is -0.497 e. The van der Waals surface area contributed by atoms with Gasteiger partial charge in [0.15, 0.2) is 9.84 Å². The van der Waals surface area contributed by atoms with Gasteiger partial charge in [-0.15, -0.1) is 0 Å². The van der Waals surface area contributed by atoms with Crippen LogP contribution in [-0.2, 0) is 23.9 Å². The maximum atomic E-state index is 13.6. The van der Waals surface area contributed by atoms with E-state index >= 15 is 0 Å². The lowest BCUT2D eigenvalue weighted by molar-refractivity contribution is 0.102. The minimum atomic E-state index is -3.70. The second kappa shape index (κ2) is 8.46. The Balaban J connectivity index is 1.83. The van der Waals surface area contributed by atoms with Gasteiger partial charge in [0.1, 0.15) is 5.75 Å². The molecule has 0 spiro atoms. The number of carbonyl (C=O) groups is 1. The van der Waals surface area contributed by atoms with Gasteiger partial charge in [0.05, 0.1) is 34.0 Å². The Labute approximate surface area is 186 Å². The number of ether oxygens (including phenoxy) is 1. The number of hydrogen-bond acceptors (Lipinski definition) is 5. The van der Waals surface area contributed by atoms with Gasteiger partial charge < -0.3 is 10.1 Å². The van der Waals surface area contributed by atoms with Crippen LogP contribution in [-0.4, -0.2) is 35.8 Å². The zero-order chi connectivity index (χ0) is 23.0. The zero-order valence-electron chi connectivity index (χ0n) is 18.4. The van der Waals surface area contributed by atoms with Gasteiger partial charge in [-0.2, -0.15) is 0 Å². The molecule has 2 aromatic carbocycles. The molecule has 9 heteroatoms. The fourth-order valence-electron chi connectivity index (χ4n) is 4.35. The molecule has 1 aliphatic carbocycles. The molecule has 1 fully saturated rings. The van der Waals surface area contributed by atoms with Gasteiger partial charge in [0, 0.05) is 19.7 Å². The summed E-state index contributed by atoms with van der Waals surface area (Å²) >= 11 is 0. The standard InChI is InChI=1S/C23H27N3O5S/c1-25-19-13-18(24-22(27)15-9-11-16(31-3)12-10-15)21(14-20(19)26(2)23(25)28)32(29,30)17-7-5-4-6-8-17/h9-14,17H,4-8H2,1-3H3,(H,24,27). The molecular formula is C23H27N3O5S. The predicted octanol–water partition coefficient (Wildman–Crippen LogP) is 3.24. The second-order valence-corrected chi connectivity index (χ2v) is 10.4. The molecule has 1 aromatic heterocycles. The summed E-state index contributed by atoms with van der Waals surface area (Å²) < 4.78 is 35.2. The molecule has 1 saturated carbocycles. The van der Waals surface area contributed by atoms with Crippen molar-refractivity contribution >= 4 is 32.5 Å².